The second-order valence-electron chi connectivity index (χ2n) is 6.55. The maximum Gasteiger partial charge on any atom is 0.387 e. The maximum atomic E-state index is 12.5. The monoisotopic (exact) mass is 369 g/mol. The molecule has 0 saturated heterocycles. The van der Waals surface area contributed by atoms with E-state index in [1.807, 2.05) is 13.8 Å². The average Bonchev–Trinajstić information content (AvgIpc) is 2.53. The Morgan fingerprint density at radius 2 is 2.04 bits per heavy atom. The summed E-state index contributed by atoms with van der Waals surface area (Å²) in [6, 6.07) is 6.81. The van der Waals surface area contributed by atoms with Crippen molar-refractivity contribution in [1.29, 1.82) is 5.26 Å². The lowest BCUT2D eigenvalue weighted by Crippen LogP contribution is -2.51. The summed E-state index contributed by atoms with van der Waals surface area (Å²) in [5.41, 5.74) is -0.264. The predicted octanol–water partition coefficient (Wildman–Crippen LogP) is 2.78. The van der Waals surface area contributed by atoms with Gasteiger partial charge in [-0.1, -0.05) is 19.9 Å². The number of amides is 1. The molecule has 1 amide bonds. The number of nitrogens with zero attached hydrogens (tertiary/aromatic N) is 2. The fourth-order valence-corrected chi connectivity index (χ4v) is 2.25. The van der Waals surface area contributed by atoms with Crippen molar-refractivity contribution < 1.29 is 23.0 Å². The molecular weight excluding hydrogens is 344 g/mol. The third-order valence-electron chi connectivity index (χ3n) is 4.10. The minimum atomic E-state index is -2.96. The van der Waals surface area contributed by atoms with E-state index in [0.29, 0.717) is 12.1 Å². The Morgan fingerprint density at radius 1 is 1.38 bits per heavy atom. The van der Waals surface area contributed by atoms with Crippen LogP contribution >= 0.6 is 0 Å². The van der Waals surface area contributed by atoms with E-state index >= 15 is 0 Å². The van der Waals surface area contributed by atoms with Crippen LogP contribution in [-0.4, -0.2) is 43.7 Å². The van der Waals surface area contributed by atoms with Crippen LogP contribution in [0.5, 0.6) is 11.5 Å². The van der Waals surface area contributed by atoms with Crippen LogP contribution in [0.2, 0.25) is 0 Å². The molecule has 1 aromatic carbocycles. The molecule has 6 nitrogen and oxygen atoms in total. The quantitative estimate of drug-likeness (QED) is 0.724. The van der Waals surface area contributed by atoms with E-state index in [2.05, 4.69) is 16.1 Å². The summed E-state index contributed by atoms with van der Waals surface area (Å²) in [4.78, 5) is 13.9. The number of hydrogen-bond acceptors (Lipinski definition) is 5. The molecule has 0 bridgehead atoms. The lowest BCUT2D eigenvalue weighted by molar-refractivity contribution is -0.123. The van der Waals surface area contributed by atoms with E-state index in [9.17, 15) is 18.8 Å². The van der Waals surface area contributed by atoms with Crippen LogP contribution in [0.1, 0.15) is 26.3 Å². The Kier molecular flexibility index (Phi) is 7.77. The molecule has 8 heteroatoms. The zero-order valence-corrected chi connectivity index (χ0v) is 15.7. The summed E-state index contributed by atoms with van der Waals surface area (Å²) in [6.45, 7) is 2.82. The Morgan fingerprint density at radius 3 is 2.54 bits per heavy atom. The predicted molar refractivity (Wildman–Crippen MR) is 93.0 cm³/mol. The first kappa shape index (κ1) is 21.6. The third kappa shape index (κ3) is 6.15. The van der Waals surface area contributed by atoms with E-state index < -0.39 is 12.2 Å². The molecule has 1 N–H and O–H groups in total. The van der Waals surface area contributed by atoms with Gasteiger partial charge >= 0.3 is 6.61 Å². The van der Waals surface area contributed by atoms with Crippen molar-refractivity contribution in [3.8, 4) is 17.6 Å². The average molecular weight is 369 g/mol. The Hall–Kier alpha value is -2.40. The van der Waals surface area contributed by atoms with E-state index in [4.69, 9.17) is 4.74 Å². The zero-order chi connectivity index (χ0) is 19.9. The summed E-state index contributed by atoms with van der Waals surface area (Å²) in [7, 11) is 3.08. The van der Waals surface area contributed by atoms with Gasteiger partial charge in [0.1, 0.15) is 5.54 Å². The van der Waals surface area contributed by atoms with Crippen LogP contribution in [0, 0.1) is 17.2 Å². The molecule has 144 valence electrons. The largest absolute Gasteiger partial charge is 0.493 e. The number of methoxy groups -OCH3 is 1. The third-order valence-corrected chi connectivity index (χ3v) is 4.10. The number of benzene rings is 1. The van der Waals surface area contributed by atoms with Crippen molar-refractivity contribution in [2.24, 2.45) is 5.92 Å². The normalized spacial score (nSPS) is 13.4. The zero-order valence-electron chi connectivity index (χ0n) is 15.7. The van der Waals surface area contributed by atoms with Gasteiger partial charge in [-0.15, -0.1) is 0 Å². The van der Waals surface area contributed by atoms with Crippen molar-refractivity contribution in [3.63, 3.8) is 0 Å². The minimum Gasteiger partial charge on any atom is -0.493 e. The van der Waals surface area contributed by atoms with Crippen molar-refractivity contribution in [2.45, 2.75) is 39.5 Å². The highest BCUT2D eigenvalue weighted by molar-refractivity contribution is 5.79. The molecule has 1 aromatic rings. The second kappa shape index (κ2) is 9.34. The van der Waals surface area contributed by atoms with E-state index in [-0.39, 0.29) is 29.9 Å². The lowest BCUT2D eigenvalue weighted by Gasteiger charge is -2.28. The van der Waals surface area contributed by atoms with Crippen LogP contribution in [0.3, 0.4) is 0 Å². The van der Waals surface area contributed by atoms with Gasteiger partial charge in [-0.25, -0.2) is 0 Å². The van der Waals surface area contributed by atoms with Crippen LogP contribution in [0.25, 0.3) is 0 Å². The van der Waals surface area contributed by atoms with Crippen molar-refractivity contribution in [2.75, 3.05) is 20.7 Å². The van der Waals surface area contributed by atoms with Crippen LogP contribution < -0.4 is 14.8 Å². The van der Waals surface area contributed by atoms with E-state index in [1.165, 1.54) is 19.2 Å². The molecule has 0 aliphatic heterocycles. The second-order valence-corrected chi connectivity index (χ2v) is 6.55. The molecule has 1 unspecified atom stereocenters. The highest BCUT2D eigenvalue weighted by Gasteiger charge is 2.30. The molecule has 1 atom stereocenters. The number of halogens is 2. The lowest BCUT2D eigenvalue weighted by atomic mass is 9.90. The van der Waals surface area contributed by atoms with Crippen molar-refractivity contribution in [3.05, 3.63) is 23.8 Å². The standard InChI is InChI=1S/C18H25F2N3O3/c1-12(2)18(3,11-21)22-16(24)10-23(4)9-13-6-7-14(25-5)15(8-13)26-17(19)20/h6-8,12,17H,9-10H2,1-5H3,(H,22,24). The molecule has 1 rings (SSSR count). The van der Waals surface area contributed by atoms with Crippen LogP contribution in [-0.2, 0) is 11.3 Å². The Balaban J connectivity index is 2.74. The first-order chi connectivity index (χ1) is 12.1. The molecule has 0 spiro atoms. The van der Waals surface area contributed by atoms with Crippen molar-refractivity contribution >= 4 is 5.91 Å². The van der Waals surface area contributed by atoms with Gasteiger partial charge < -0.3 is 14.8 Å². The Bertz CT molecular complexity index is 662. The van der Waals surface area contributed by atoms with Crippen LogP contribution in [0.4, 0.5) is 8.78 Å². The summed E-state index contributed by atoms with van der Waals surface area (Å²) >= 11 is 0. The number of carbonyl (C=O) groups is 1. The molecule has 0 aliphatic rings. The summed E-state index contributed by atoms with van der Waals surface area (Å²) in [5, 5.41) is 12.0. The number of carbonyl (C=O) groups excluding carboxylic acids is 1. The first-order valence-electron chi connectivity index (χ1n) is 8.13. The molecule has 0 aromatic heterocycles. The van der Waals surface area contributed by atoms with E-state index in [0.717, 1.165) is 0 Å². The van der Waals surface area contributed by atoms with Gasteiger partial charge in [0.05, 0.1) is 19.7 Å². The molecule has 0 heterocycles. The van der Waals surface area contributed by atoms with Crippen LogP contribution in [0.15, 0.2) is 18.2 Å². The van der Waals surface area contributed by atoms with Gasteiger partial charge in [-0.3, -0.25) is 9.69 Å². The first-order valence-corrected chi connectivity index (χ1v) is 8.13. The molecule has 0 fully saturated rings. The maximum absolute atomic E-state index is 12.5. The van der Waals surface area contributed by atoms with Crippen molar-refractivity contribution in [1.82, 2.24) is 10.2 Å². The van der Waals surface area contributed by atoms with E-state index in [1.54, 1.807) is 24.9 Å². The number of ether oxygens (including phenoxy) is 2. The highest BCUT2D eigenvalue weighted by Crippen LogP contribution is 2.29. The van der Waals surface area contributed by atoms with Gasteiger partial charge in [-0.2, -0.15) is 14.0 Å². The Labute approximate surface area is 152 Å². The van der Waals surface area contributed by atoms with Gasteiger partial charge in [-0.05, 0) is 37.6 Å². The molecule has 0 aliphatic carbocycles. The van der Waals surface area contributed by atoms with Gasteiger partial charge in [0, 0.05) is 6.54 Å². The number of alkyl halides is 2. The number of hydrogen-bond donors (Lipinski definition) is 1. The number of nitriles is 1. The summed E-state index contributed by atoms with van der Waals surface area (Å²) in [5.74, 6) is -0.189. The number of nitrogens with one attached hydrogen (secondary N) is 1. The minimum absolute atomic E-state index is 0.0441. The van der Waals surface area contributed by atoms with Gasteiger partial charge in [0.15, 0.2) is 11.5 Å². The molecule has 0 saturated carbocycles. The molecular formula is C18H25F2N3O3. The number of rotatable bonds is 9. The summed E-state index contributed by atoms with van der Waals surface area (Å²) < 4.78 is 34.4. The topological polar surface area (TPSA) is 74.6 Å². The van der Waals surface area contributed by atoms with Gasteiger partial charge in [0.25, 0.3) is 0 Å². The molecule has 26 heavy (non-hydrogen) atoms. The highest BCUT2D eigenvalue weighted by atomic mass is 19.3. The fourth-order valence-electron chi connectivity index (χ4n) is 2.25. The number of likely N-dealkylation sites (N-methyl/N-ethyl adjacent to an activating group) is 1. The SMILES string of the molecule is COc1ccc(CN(C)CC(=O)NC(C)(C#N)C(C)C)cc1OC(F)F. The van der Waals surface area contributed by atoms with Gasteiger partial charge in [0.2, 0.25) is 5.91 Å². The summed E-state index contributed by atoms with van der Waals surface area (Å²) in [6.07, 6.45) is 0. The smallest absolute Gasteiger partial charge is 0.387 e. The molecule has 0 radical (unpaired) electrons. The fraction of sp³-hybridized carbons (Fsp3) is 0.556.